The Balaban J connectivity index is 0. The smallest absolute Gasteiger partial charge is 0.0269 e. The fourth-order valence-corrected chi connectivity index (χ4v) is 5.26. The molecule has 1 nitrogen and oxygen atoms in total. The lowest BCUT2D eigenvalue weighted by atomic mass is 10.0. The average molecular weight is 514 g/mol. The van der Waals surface area contributed by atoms with Gasteiger partial charge in [-0.05, 0) is 20.5 Å². The largest absolute Gasteiger partial charge is 0.303 e. The first-order valence-corrected chi connectivity index (χ1v) is 16.0. The molecule has 0 aliphatic rings. The summed E-state index contributed by atoms with van der Waals surface area (Å²) in [6, 6.07) is 0.564. The zero-order valence-corrected chi connectivity index (χ0v) is 25.6. The zero-order chi connectivity index (χ0) is 25.0. The van der Waals surface area contributed by atoms with E-state index in [9.17, 15) is 0 Å². The quantitative estimate of drug-likeness (QED) is 0.0709. The van der Waals surface area contributed by atoms with E-state index in [0.717, 1.165) is 0 Å². The second kappa shape index (κ2) is 32.0. The van der Waals surface area contributed by atoms with E-state index in [0.29, 0.717) is 6.04 Å². The van der Waals surface area contributed by atoms with Crippen molar-refractivity contribution in [3.8, 4) is 0 Å². The molecule has 0 radical (unpaired) electrons. The SMILES string of the molecule is C=CC(CCCCCCCCCCCCCCCCCCCCCCCCCCCC)N(C)C.Cl. The molecule has 2 heteroatoms. The number of likely N-dealkylation sites (N-methyl/N-ethyl adjacent to an activating group) is 1. The standard InChI is InChI=1S/C33H67N.ClH/c1-5-7-8-9-10-11-12-13-14-15-16-17-18-19-20-21-22-23-24-25-26-27-28-29-30-31-32-33(6-2)34(3)4;/h6,33H,2,5,7-32H2,1,3-4H3;1H. The summed E-state index contributed by atoms with van der Waals surface area (Å²) < 4.78 is 0. The molecule has 0 aromatic carbocycles. The van der Waals surface area contributed by atoms with Crippen molar-refractivity contribution in [2.45, 2.75) is 186 Å². The number of nitrogens with zero attached hydrogens (tertiary/aromatic N) is 1. The second-order valence-electron chi connectivity index (χ2n) is 11.4. The maximum atomic E-state index is 3.96. The molecule has 0 fully saturated rings. The van der Waals surface area contributed by atoms with Crippen LogP contribution in [-0.4, -0.2) is 25.0 Å². The van der Waals surface area contributed by atoms with E-state index in [2.05, 4.69) is 38.6 Å². The predicted octanol–water partition coefficient (Wildman–Crippen LogP) is 12.1. The van der Waals surface area contributed by atoms with Gasteiger partial charge in [0.15, 0.2) is 0 Å². The van der Waals surface area contributed by atoms with Crippen molar-refractivity contribution < 1.29 is 0 Å². The Labute approximate surface area is 230 Å². The van der Waals surface area contributed by atoms with Crippen LogP contribution in [0, 0.1) is 0 Å². The van der Waals surface area contributed by atoms with Crippen molar-refractivity contribution in [3.05, 3.63) is 12.7 Å². The van der Waals surface area contributed by atoms with Gasteiger partial charge in [0.2, 0.25) is 0 Å². The van der Waals surface area contributed by atoms with Crippen molar-refractivity contribution in [2.75, 3.05) is 14.1 Å². The summed E-state index contributed by atoms with van der Waals surface area (Å²) in [5, 5.41) is 0. The van der Waals surface area contributed by atoms with Crippen molar-refractivity contribution in [3.63, 3.8) is 0 Å². The lowest BCUT2D eigenvalue weighted by Gasteiger charge is -2.20. The average Bonchev–Trinajstić information content (AvgIpc) is 2.83. The lowest BCUT2D eigenvalue weighted by molar-refractivity contribution is 0.319. The molecule has 212 valence electrons. The maximum absolute atomic E-state index is 3.96. The molecule has 0 aliphatic heterocycles. The summed E-state index contributed by atoms with van der Waals surface area (Å²) in [4.78, 5) is 2.28. The Morgan fingerprint density at radius 1 is 0.457 bits per heavy atom. The minimum absolute atomic E-state index is 0. The molecule has 0 rings (SSSR count). The molecule has 0 heterocycles. The minimum atomic E-state index is 0. The number of halogens is 1. The number of hydrogen-bond acceptors (Lipinski definition) is 1. The molecular weight excluding hydrogens is 446 g/mol. The van der Waals surface area contributed by atoms with Crippen LogP contribution >= 0.6 is 12.4 Å². The lowest BCUT2D eigenvalue weighted by Crippen LogP contribution is -2.25. The van der Waals surface area contributed by atoms with Crippen LogP contribution in [0.3, 0.4) is 0 Å². The van der Waals surface area contributed by atoms with Gasteiger partial charge in [-0.3, -0.25) is 0 Å². The van der Waals surface area contributed by atoms with Crippen molar-refractivity contribution in [1.82, 2.24) is 4.90 Å². The van der Waals surface area contributed by atoms with Crippen LogP contribution in [-0.2, 0) is 0 Å². The third-order valence-corrected chi connectivity index (χ3v) is 7.79. The van der Waals surface area contributed by atoms with Gasteiger partial charge in [-0.2, -0.15) is 0 Å². The third-order valence-electron chi connectivity index (χ3n) is 7.79. The van der Waals surface area contributed by atoms with E-state index < -0.39 is 0 Å². The van der Waals surface area contributed by atoms with Gasteiger partial charge < -0.3 is 4.90 Å². The first kappa shape index (κ1) is 37.1. The topological polar surface area (TPSA) is 3.24 Å². The summed E-state index contributed by atoms with van der Waals surface area (Å²) in [7, 11) is 4.32. The van der Waals surface area contributed by atoms with E-state index >= 15 is 0 Å². The highest BCUT2D eigenvalue weighted by Crippen LogP contribution is 2.16. The van der Waals surface area contributed by atoms with E-state index in [1.165, 1.54) is 173 Å². The van der Waals surface area contributed by atoms with E-state index in [-0.39, 0.29) is 12.4 Å². The van der Waals surface area contributed by atoms with Gasteiger partial charge in [0.1, 0.15) is 0 Å². The fourth-order valence-electron chi connectivity index (χ4n) is 5.26. The summed E-state index contributed by atoms with van der Waals surface area (Å²) >= 11 is 0. The van der Waals surface area contributed by atoms with Gasteiger partial charge in [0.05, 0.1) is 0 Å². The number of unbranched alkanes of at least 4 members (excludes halogenated alkanes) is 25. The molecule has 1 unspecified atom stereocenters. The first-order chi connectivity index (χ1) is 16.7. The molecule has 0 aliphatic carbocycles. The number of rotatable bonds is 29. The van der Waals surface area contributed by atoms with Gasteiger partial charge in [0, 0.05) is 6.04 Å². The molecule has 0 saturated carbocycles. The Morgan fingerprint density at radius 3 is 0.886 bits per heavy atom. The third kappa shape index (κ3) is 30.1. The van der Waals surface area contributed by atoms with Crippen LogP contribution in [0.5, 0.6) is 0 Å². The molecule has 0 amide bonds. The van der Waals surface area contributed by atoms with E-state index in [1.54, 1.807) is 0 Å². The Kier molecular flexibility index (Phi) is 34.0. The van der Waals surface area contributed by atoms with Gasteiger partial charge in [-0.1, -0.05) is 180 Å². The molecule has 0 saturated heterocycles. The van der Waals surface area contributed by atoms with E-state index in [1.807, 2.05) is 0 Å². The van der Waals surface area contributed by atoms with Gasteiger partial charge in [-0.15, -0.1) is 19.0 Å². The molecular formula is C33H68ClN. The Hall–Kier alpha value is -0.0100. The molecule has 0 bridgehead atoms. The zero-order valence-electron chi connectivity index (χ0n) is 24.8. The van der Waals surface area contributed by atoms with Crippen molar-refractivity contribution >= 4 is 12.4 Å². The van der Waals surface area contributed by atoms with Crippen molar-refractivity contribution in [1.29, 1.82) is 0 Å². The van der Waals surface area contributed by atoms with Crippen LogP contribution < -0.4 is 0 Å². The van der Waals surface area contributed by atoms with Crippen LogP contribution in [0.2, 0.25) is 0 Å². The van der Waals surface area contributed by atoms with Crippen molar-refractivity contribution in [2.24, 2.45) is 0 Å². The van der Waals surface area contributed by atoms with E-state index in [4.69, 9.17) is 0 Å². The van der Waals surface area contributed by atoms with Gasteiger partial charge in [0.25, 0.3) is 0 Å². The summed E-state index contributed by atoms with van der Waals surface area (Å²) in [6.07, 6.45) is 41.4. The fraction of sp³-hybridized carbons (Fsp3) is 0.939. The summed E-state index contributed by atoms with van der Waals surface area (Å²) in [5.41, 5.74) is 0. The van der Waals surface area contributed by atoms with Crippen LogP contribution in [0.25, 0.3) is 0 Å². The van der Waals surface area contributed by atoms with Crippen LogP contribution in [0.15, 0.2) is 12.7 Å². The minimum Gasteiger partial charge on any atom is -0.303 e. The first-order valence-electron chi connectivity index (χ1n) is 16.0. The van der Waals surface area contributed by atoms with Crippen LogP contribution in [0.4, 0.5) is 0 Å². The summed E-state index contributed by atoms with van der Waals surface area (Å²) in [5.74, 6) is 0. The molecule has 0 aromatic rings. The monoisotopic (exact) mass is 514 g/mol. The maximum Gasteiger partial charge on any atom is 0.0269 e. The normalized spacial score (nSPS) is 12.1. The highest BCUT2D eigenvalue weighted by atomic mass is 35.5. The van der Waals surface area contributed by atoms with Gasteiger partial charge >= 0.3 is 0 Å². The molecule has 0 N–H and O–H groups in total. The highest BCUT2D eigenvalue weighted by molar-refractivity contribution is 5.85. The molecule has 0 spiro atoms. The second-order valence-corrected chi connectivity index (χ2v) is 11.4. The molecule has 35 heavy (non-hydrogen) atoms. The molecule has 1 atom stereocenters. The number of hydrogen-bond donors (Lipinski definition) is 0. The highest BCUT2D eigenvalue weighted by Gasteiger charge is 2.05. The Morgan fingerprint density at radius 2 is 0.686 bits per heavy atom. The van der Waals surface area contributed by atoms with Crippen LogP contribution in [0.1, 0.15) is 180 Å². The molecule has 0 aromatic heterocycles. The predicted molar refractivity (Wildman–Crippen MR) is 165 cm³/mol. The summed E-state index contributed by atoms with van der Waals surface area (Å²) in [6.45, 7) is 6.26. The Bertz CT molecular complexity index is 381. The van der Waals surface area contributed by atoms with Gasteiger partial charge in [-0.25, -0.2) is 0 Å².